The molecule has 0 unspecified atom stereocenters. The van der Waals surface area contributed by atoms with Crippen molar-refractivity contribution in [2.45, 2.75) is 0 Å². The molecule has 0 saturated heterocycles. The highest BCUT2D eigenvalue weighted by atomic mass is 35.5. The fourth-order valence-corrected chi connectivity index (χ4v) is 2.09. The molecule has 6 nitrogen and oxygen atoms in total. The van der Waals surface area contributed by atoms with Crippen LogP contribution in [0.2, 0.25) is 5.02 Å². The number of hydrogen-bond acceptors (Lipinski definition) is 4. The van der Waals surface area contributed by atoms with Crippen LogP contribution in [0.25, 0.3) is 11.9 Å². The average molecular weight is 326 g/mol. The molecule has 0 atom stereocenters. The van der Waals surface area contributed by atoms with Crippen LogP contribution in [0.15, 0.2) is 61.2 Å². The minimum atomic E-state index is -0.310. The monoisotopic (exact) mass is 325 g/mol. The van der Waals surface area contributed by atoms with Gasteiger partial charge in [-0.05, 0) is 23.8 Å². The molecule has 1 amide bonds. The molecule has 1 aromatic carbocycles. The summed E-state index contributed by atoms with van der Waals surface area (Å²) >= 11 is 6.03. The fourth-order valence-electron chi connectivity index (χ4n) is 1.89. The SMILES string of the molecule is O=C(/C=C/c1ccccc1Cl)Nc1cc(-n2cccn2)ncn1. The maximum absolute atomic E-state index is 12.0. The molecule has 0 bridgehead atoms. The predicted octanol–water partition coefficient (Wildman–Crippen LogP) is 2.97. The van der Waals surface area contributed by atoms with Crippen molar-refractivity contribution in [3.05, 3.63) is 71.8 Å². The lowest BCUT2D eigenvalue weighted by Gasteiger charge is -2.04. The van der Waals surface area contributed by atoms with E-state index in [4.69, 9.17) is 11.6 Å². The molecule has 0 radical (unpaired) electrons. The molecule has 23 heavy (non-hydrogen) atoms. The van der Waals surface area contributed by atoms with Gasteiger partial charge in [0.2, 0.25) is 5.91 Å². The highest BCUT2D eigenvalue weighted by molar-refractivity contribution is 6.32. The van der Waals surface area contributed by atoms with Gasteiger partial charge in [-0.2, -0.15) is 5.10 Å². The van der Waals surface area contributed by atoms with Gasteiger partial charge in [0.05, 0.1) is 0 Å². The molecule has 3 aromatic rings. The van der Waals surface area contributed by atoms with E-state index >= 15 is 0 Å². The first-order valence-corrected chi connectivity index (χ1v) is 7.16. The number of carbonyl (C=O) groups is 1. The average Bonchev–Trinajstić information content (AvgIpc) is 3.09. The third-order valence-corrected chi connectivity index (χ3v) is 3.31. The predicted molar refractivity (Wildman–Crippen MR) is 88.3 cm³/mol. The molecule has 1 N–H and O–H groups in total. The topological polar surface area (TPSA) is 72.7 Å². The van der Waals surface area contributed by atoms with E-state index in [1.54, 1.807) is 41.4 Å². The van der Waals surface area contributed by atoms with Crippen molar-refractivity contribution in [2.75, 3.05) is 5.32 Å². The van der Waals surface area contributed by atoms with Crippen LogP contribution in [0.1, 0.15) is 5.56 Å². The maximum atomic E-state index is 12.0. The number of aromatic nitrogens is 4. The molecule has 2 aromatic heterocycles. The lowest BCUT2D eigenvalue weighted by atomic mass is 10.2. The van der Waals surface area contributed by atoms with Gasteiger partial charge in [0.15, 0.2) is 5.82 Å². The Kier molecular flexibility index (Phi) is 4.44. The van der Waals surface area contributed by atoms with E-state index in [0.717, 1.165) is 5.56 Å². The van der Waals surface area contributed by atoms with E-state index in [1.807, 2.05) is 18.2 Å². The van der Waals surface area contributed by atoms with E-state index < -0.39 is 0 Å². The highest BCUT2D eigenvalue weighted by Gasteiger charge is 2.04. The summed E-state index contributed by atoms with van der Waals surface area (Å²) in [6.07, 6.45) is 7.81. The number of hydrogen-bond donors (Lipinski definition) is 1. The van der Waals surface area contributed by atoms with Crippen molar-refractivity contribution in [3.8, 4) is 5.82 Å². The summed E-state index contributed by atoms with van der Waals surface area (Å²) in [5, 5.41) is 7.33. The zero-order valence-corrected chi connectivity index (χ0v) is 12.7. The van der Waals surface area contributed by atoms with Crippen molar-refractivity contribution in [1.82, 2.24) is 19.7 Å². The van der Waals surface area contributed by atoms with E-state index in [9.17, 15) is 4.79 Å². The lowest BCUT2D eigenvalue weighted by molar-refractivity contribution is -0.111. The standard InChI is InChI=1S/C16H12ClN5O/c17-13-5-2-1-4-12(13)6-7-16(23)21-14-10-15(19-11-18-14)22-9-3-8-20-22/h1-11H,(H,18,19,21,23)/b7-6+. The molecule has 7 heteroatoms. The molecule has 0 aliphatic carbocycles. The van der Waals surface area contributed by atoms with Gasteiger partial charge in [-0.1, -0.05) is 29.8 Å². The van der Waals surface area contributed by atoms with Crippen LogP contribution < -0.4 is 5.32 Å². The number of nitrogens with zero attached hydrogens (tertiary/aromatic N) is 4. The second kappa shape index (κ2) is 6.85. The van der Waals surface area contributed by atoms with Gasteiger partial charge < -0.3 is 5.32 Å². The Bertz CT molecular complexity index is 845. The summed E-state index contributed by atoms with van der Waals surface area (Å²) in [6, 6.07) is 10.7. The summed E-state index contributed by atoms with van der Waals surface area (Å²) < 4.78 is 1.58. The Morgan fingerprint density at radius 3 is 2.87 bits per heavy atom. The Balaban J connectivity index is 1.71. The molecule has 0 aliphatic rings. The van der Waals surface area contributed by atoms with E-state index in [1.165, 1.54) is 12.4 Å². The molecule has 2 heterocycles. The number of carbonyl (C=O) groups excluding carboxylic acids is 1. The fraction of sp³-hybridized carbons (Fsp3) is 0. The first-order valence-electron chi connectivity index (χ1n) is 6.78. The van der Waals surface area contributed by atoms with Crippen molar-refractivity contribution in [1.29, 1.82) is 0 Å². The van der Waals surface area contributed by atoms with Crippen molar-refractivity contribution in [2.24, 2.45) is 0 Å². The van der Waals surface area contributed by atoms with Gasteiger partial charge in [0, 0.05) is 29.6 Å². The van der Waals surface area contributed by atoms with Crippen LogP contribution >= 0.6 is 11.6 Å². The number of anilines is 1. The van der Waals surface area contributed by atoms with Crippen LogP contribution in [0, 0.1) is 0 Å². The van der Waals surface area contributed by atoms with Crippen molar-refractivity contribution >= 4 is 29.4 Å². The number of benzene rings is 1. The molecule has 0 saturated carbocycles. The molecule has 114 valence electrons. The van der Waals surface area contributed by atoms with Crippen LogP contribution in [0.5, 0.6) is 0 Å². The zero-order chi connectivity index (χ0) is 16.1. The van der Waals surface area contributed by atoms with Gasteiger partial charge in [0.25, 0.3) is 0 Å². The summed E-state index contributed by atoms with van der Waals surface area (Å²) in [7, 11) is 0. The van der Waals surface area contributed by atoms with Gasteiger partial charge in [-0.25, -0.2) is 14.6 Å². The van der Waals surface area contributed by atoms with Gasteiger partial charge in [-0.3, -0.25) is 4.79 Å². The van der Waals surface area contributed by atoms with Gasteiger partial charge in [-0.15, -0.1) is 0 Å². The number of halogens is 1. The Labute approximate surface area is 137 Å². The van der Waals surface area contributed by atoms with Crippen LogP contribution in [-0.4, -0.2) is 25.7 Å². The van der Waals surface area contributed by atoms with E-state index in [0.29, 0.717) is 16.7 Å². The molecule has 0 fully saturated rings. The quantitative estimate of drug-likeness (QED) is 0.748. The number of nitrogens with one attached hydrogen (secondary N) is 1. The molecular formula is C16H12ClN5O. The lowest BCUT2D eigenvalue weighted by Crippen LogP contribution is -2.10. The van der Waals surface area contributed by atoms with Crippen molar-refractivity contribution < 1.29 is 4.79 Å². The van der Waals surface area contributed by atoms with Crippen LogP contribution in [0.3, 0.4) is 0 Å². The maximum Gasteiger partial charge on any atom is 0.249 e. The third kappa shape index (κ3) is 3.81. The highest BCUT2D eigenvalue weighted by Crippen LogP contribution is 2.16. The summed E-state index contributed by atoms with van der Waals surface area (Å²) in [5.41, 5.74) is 0.768. The minimum absolute atomic E-state index is 0.310. The molecular weight excluding hydrogens is 314 g/mol. The smallest absolute Gasteiger partial charge is 0.249 e. The zero-order valence-electron chi connectivity index (χ0n) is 11.9. The van der Waals surface area contributed by atoms with Crippen LogP contribution in [-0.2, 0) is 4.79 Å². The largest absolute Gasteiger partial charge is 0.307 e. The third-order valence-electron chi connectivity index (χ3n) is 2.96. The Morgan fingerprint density at radius 2 is 2.09 bits per heavy atom. The van der Waals surface area contributed by atoms with E-state index in [2.05, 4.69) is 20.4 Å². The van der Waals surface area contributed by atoms with Crippen LogP contribution in [0.4, 0.5) is 5.82 Å². The second-order valence-corrected chi connectivity index (χ2v) is 4.96. The van der Waals surface area contributed by atoms with Gasteiger partial charge >= 0.3 is 0 Å². The normalized spacial score (nSPS) is 10.8. The van der Waals surface area contributed by atoms with Crippen molar-refractivity contribution in [3.63, 3.8) is 0 Å². The molecule has 0 aliphatic heterocycles. The number of rotatable bonds is 4. The first-order chi connectivity index (χ1) is 11.2. The summed E-state index contributed by atoms with van der Waals surface area (Å²) in [4.78, 5) is 20.1. The van der Waals surface area contributed by atoms with E-state index in [-0.39, 0.29) is 5.91 Å². The Hall–Kier alpha value is -2.99. The summed E-state index contributed by atoms with van der Waals surface area (Å²) in [5.74, 6) is 0.643. The second-order valence-electron chi connectivity index (χ2n) is 4.56. The molecule has 0 spiro atoms. The molecule has 3 rings (SSSR count). The Morgan fingerprint density at radius 1 is 1.22 bits per heavy atom. The van der Waals surface area contributed by atoms with Gasteiger partial charge in [0.1, 0.15) is 12.1 Å². The minimum Gasteiger partial charge on any atom is -0.307 e. The number of amides is 1. The summed E-state index contributed by atoms with van der Waals surface area (Å²) in [6.45, 7) is 0. The first kappa shape index (κ1) is 14.9.